The minimum atomic E-state index is 1.11. The standard InChI is InChI=1S/C13H17N/c1-5-11-10(4)14-12-7-6-8(2)9(3)13(11)12/h6-7,14H,5H2,1-4H3. The van der Waals surface area contributed by atoms with Crippen molar-refractivity contribution in [1.82, 2.24) is 4.98 Å². The molecule has 1 aromatic heterocycles. The number of rotatable bonds is 1. The summed E-state index contributed by atoms with van der Waals surface area (Å²) < 4.78 is 0. The second-order valence-electron chi connectivity index (χ2n) is 4.01. The number of aromatic amines is 1. The number of benzene rings is 1. The van der Waals surface area contributed by atoms with E-state index in [0.29, 0.717) is 0 Å². The van der Waals surface area contributed by atoms with E-state index >= 15 is 0 Å². The van der Waals surface area contributed by atoms with E-state index in [1.54, 1.807) is 0 Å². The Morgan fingerprint density at radius 3 is 2.50 bits per heavy atom. The summed E-state index contributed by atoms with van der Waals surface area (Å²) in [5.41, 5.74) is 6.87. The van der Waals surface area contributed by atoms with Crippen LogP contribution in [0.1, 0.15) is 29.3 Å². The third-order valence-electron chi connectivity index (χ3n) is 3.17. The fraction of sp³-hybridized carbons (Fsp3) is 0.385. The van der Waals surface area contributed by atoms with E-state index in [-0.39, 0.29) is 0 Å². The first-order chi connectivity index (χ1) is 6.65. The first-order valence-electron chi connectivity index (χ1n) is 5.22. The lowest BCUT2D eigenvalue weighted by molar-refractivity contribution is 1.11. The highest BCUT2D eigenvalue weighted by atomic mass is 14.7. The largest absolute Gasteiger partial charge is 0.358 e. The van der Waals surface area contributed by atoms with Gasteiger partial charge in [-0.2, -0.15) is 0 Å². The number of nitrogens with one attached hydrogen (secondary N) is 1. The van der Waals surface area contributed by atoms with Gasteiger partial charge in [0.15, 0.2) is 0 Å². The molecule has 1 aromatic carbocycles. The van der Waals surface area contributed by atoms with Crippen LogP contribution in [0, 0.1) is 20.8 Å². The molecule has 0 unspecified atom stereocenters. The van der Waals surface area contributed by atoms with Crippen molar-refractivity contribution in [1.29, 1.82) is 0 Å². The Kier molecular flexibility index (Phi) is 2.10. The summed E-state index contributed by atoms with van der Waals surface area (Å²) in [5.74, 6) is 0. The van der Waals surface area contributed by atoms with Crippen LogP contribution in [0.25, 0.3) is 10.9 Å². The van der Waals surface area contributed by atoms with Crippen LogP contribution in [0.3, 0.4) is 0 Å². The summed E-state index contributed by atoms with van der Waals surface area (Å²) in [6, 6.07) is 4.37. The highest BCUT2D eigenvalue weighted by molar-refractivity contribution is 5.88. The predicted octanol–water partition coefficient (Wildman–Crippen LogP) is 3.66. The quantitative estimate of drug-likeness (QED) is 0.701. The molecule has 0 fully saturated rings. The van der Waals surface area contributed by atoms with Crippen molar-refractivity contribution in [2.45, 2.75) is 34.1 Å². The van der Waals surface area contributed by atoms with E-state index in [2.05, 4.69) is 44.8 Å². The molecule has 2 aromatic rings. The van der Waals surface area contributed by atoms with Gasteiger partial charge in [0.05, 0.1) is 0 Å². The summed E-state index contributed by atoms with van der Waals surface area (Å²) in [6.07, 6.45) is 1.11. The Hall–Kier alpha value is -1.24. The average molecular weight is 187 g/mol. The van der Waals surface area contributed by atoms with Gasteiger partial charge < -0.3 is 4.98 Å². The molecule has 0 amide bonds. The van der Waals surface area contributed by atoms with E-state index in [0.717, 1.165) is 6.42 Å². The Bertz CT molecular complexity index is 477. The van der Waals surface area contributed by atoms with E-state index < -0.39 is 0 Å². The summed E-state index contributed by atoms with van der Waals surface area (Å²) in [7, 11) is 0. The van der Waals surface area contributed by atoms with Crippen LogP contribution in [0.2, 0.25) is 0 Å². The highest BCUT2D eigenvalue weighted by Gasteiger charge is 2.09. The molecule has 0 aliphatic carbocycles. The van der Waals surface area contributed by atoms with Crippen LogP contribution in [-0.2, 0) is 6.42 Å². The molecule has 0 aliphatic rings. The fourth-order valence-electron chi connectivity index (χ4n) is 2.22. The van der Waals surface area contributed by atoms with Crippen molar-refractivity contribution in [3.63, 3.8) is 0 Å². The average Bonchev–Trinajstić information content (AvgIpc) is 2.48. The zero-order valence-electron chi connectivity index (χ0n) is 9.36. The maximum absolute atomic E-state index is 3.45. The van der Waals surface area contributed by atoms with Crippen LogP contribution < -0.4 is 0 Å². The molecule has 2 rings (SSSR count). The summed E-state index contributed by atoms with van der Waals surface area (Å²) in [5, 5.41) is 1.44. The van der Waals surface area contributed by atoms with E-state index in [1.807, 2.05) is 0 Å². The molecule has 0 saturated heterocycles. The van der Waals surface area contributed by atoms with Gasteiger partial charge in [-0.15, -0.1) is 0 Å². The molecule has 0 radical (unpaired) electrons. The molecule has 74 valence electrons. The Morgan fingerprint density at radius 1 is 1.14 bits per heavy atom. The van der Waals surface area contributed by atoms with E-state index in [4.69, 9.17) is 0 Å². The third-order valence-corrected chi connectivity index (χ3v) is 3.17. The molecule has 0 saturated carbocycles. The van der Waals surface area contributed by atoms with Gasteiger partial charge in [-0.3, -0.25) is 0 Å². The van der Waals surface area contributed by atoms with Gasteiger partial charge in [0, 0.05) is 16.6 Å². The van der Waals surface area contributed by atoms with Crippen LogP contribution in [0.4, 0.5) is 0 Å². The highest BCUT2D eigenvalue weighted by Crippen LogP contribution is 2.27. The molecular weight excluding hydrogens is 170 g/mol. The molecule has 1 N–H and O–H groups in total. The van der Waals surface area contributed by atoms with Gasteiger partial charge in [0.1, 0.15) is 0 Å². The minimum absolute atomic E-state index is 1.11. The first-order valence-corrected chi connectivity index (χ1v) is 5.22. The van der Waals surface area contributed by atoms with Crippen molar-refractivity contribution in [3.8, 4) is 0 Å². The van der Waals surface area contributed by atoms with Gasteiger partial charge in [0.2, 0.25) is 0 Å². The molecule has 1 heteroatoms. The Balaban J connectivity index is 2.90. The van der Waals surface area contributed by atoms with Gasteiger partial charge >= 0.3 is 0 Å². The normalized spacial score (nSPS) is 11.1. The molecule has 1 nitrogen and oxygen atoms in total. The van der Waals surface area contributed by atoms with Crippen LogP contribution in [0.5, 0.6) is 0 Å². The maximum atomic E-state index is 3.45. The molecule has 0 atom stereocenters. The van der Waals surface area contributed by atoms with Crippen molar-refractivity contribution in [3.05, 3.63) is 34.5 Å². The molecule has 1 heterocycles. The molecule has 0 aliphatic heterocycles. The van der Waals surface area contributed by atoms with Gasteiger partial charge in [0.25, 0.3) is 0 Å². The van der Waals surface area contributed by atoms with Crippen molar-refractivity contribution in [2.75, 3.05) is 0 Å². The zero-order chi connectivity index (χ0) is 10.3. The molecular formula is C13H17N. The van der Waals surface area contributed by atoms with Gasteiger partial charge in [-0.1, -0.05) is 13.0 Å². The lowest BCUT2D eigenvalue weighted by Crippen LogP contribution is -1.85. The van der Waals surface area contributed by atoms with Crippen molar-refractivity contribution < 1.29 is 0 Å². The summed E-state index contributed by atoms with van der Waals surface area (Å²) >= 11 is 0. The second kappa shape index (κ2) is 3.16. The van der Waals surface area contributed by atoms with Crippen LogP contribution in [-0.4, -0.2) is 4.98 Å². The first kappa shape index (κ1) is 9.32. The minimum Gasteiger partial charge on any atom is -0.358 e. The maximum Gasteiger partial charge on any atom is 0.0461 e. The number of aromatic nitrogens is 1. The number of fused-ring (bicyclic) bond motifs is 1. The fourth-order valence-corrected chi connectivity index (χ4v) is 2.22. The number of hydrogen-bond acceptors (Lipinski definition) is 0. The smallest absolute Gasteiger partial charge is 0.0461 e. The second-order valence-corrected chi connectivity index (χ2v) is 4.01. The zero-order valence-corrected chi connectivity index (χ0v) is 9.36. The van der Waals surface area contributed by atoms with Gasteiger partial charge in [-0.05, 0) is 49.9 Å². The lowest BCUT2D eigenvalue weighted by atomic mass is 10.0. The molecule has 14 heavy (non-hydrogen) atoms. The van der Waals surface area contributed by atoms with Crippen LogP contribution >= 0.6 is 0 Å². The topological polar surface area (TPSA) is 15.8 Å². The number of H-pyrrole nitrogens is 1. The molecule has 0 bridgehead atoms. The monoisotopic (exact) mass is 187 g/mol. The number of aryl methyl sites for hydroxylation is 4. The Morgan fingerprint density at radius 2 is 1.86 bits per heavy atom. The predicted molar refractivity (Wildman–Crippen MR) is 61.9 cm³/mol. The third kappa shape index (κ3) is 1.16. The van der Waals surface area contributed by atoms with Crippen molar-refractivity contribution >= 4 is 10.9 Å². The van der Waals surface area contributed by atoms with Crippen LogP contribution in [0.15, 0.2) is 12.1 Å². The van der Waals surface area contributed by atoms with E-state index in [9.17, 15) is 0 Å². The summed E-state index contributed by atoms with van der Waals surface area (Å²) in [4.78, 5) is 3.45. The van der Waals surface area contributed by atoms with E-state index in [1.165, 1.54) is 33.3 Å². The van der Waals surface area contributed by atoms with Crippen molar-refractivity contribution in [2.24, 2.45) is 0 Å². The Labute approximate surface area is 85.1 Å². The molecule has 0 spiro atoms. The SMILES string of the molecule is CCc1c(C)[nH]c2ccc(C)c(C)c12. The summed E-state index contributed by atoms with van der Waals surface area (Å²) in [6.45, 7) is 8.77. The van der Waals surface area contributed by atoms with Gasteiger partial charge in [-0.25, -0.2) is 0 Å². The number of hydrogen-bond donors (Lipinski definition) is 1. The lowest BCUT2D eigenvalue weighted by Gasteiger charge is -2.03.